The number of rotatable bonds is 36. The Bertz CT molecular complexity index is 1890. The third-order valence-electron chi connectivity index (χ3n) is 11.5. The quantitative estimate of drug-likeness (QED) is 0.0208. The van der Waals surface area contributed by atoms with E-state index in [1.54, 1.807) is 24.3 Å². The molecule has 8 N–H and O–H groups in total. The van der Waals surface area contributed by atoms with Crippen LogP contribution in [0.3, 0.4) is 0 Å². The maximum absolute atomic E-state index is 13.3. The van der Waals surface area contributed by atoms with Crippen LogP contribution >= 0.6 is 0 Å². The SMILES string of the molecule is O=S(=O)(Cc1cccc(CCCCOCCCCCCNCC(O)c2ccc(O)c(CO)c2)c1)Cc1cccc(CCCCOCCCCCCNCC(O)c2ccc(O)c(CO)c2)c1. The summed E-state index contributed by atoms with van der Waals surface area (Å²) in [7, 11) is -3.35. The van der Waals surface area contributed by atoms with Crippen molar-refractivity contribution in [3.63, 3.8) is 0 Å². The van der Waals surface area contributed by atoms with E-state index in [9.17, 15) is 39.1 Å². The second-order valence-electron chi connectivity index (χ2n) is 17.2. The molecule has 360 valence electrons. The fourth-order valence-corrected chi connectivity index (χ4v) is 9.26. The zero-order valence-corrected chi connectivity index (χ0v) is 39.2. The number of aliphatic hydroxyl groups is 4. The number of unbranched alkanes of at least 4 members (excludes halogenated alkanes) is 8. The maximum Gasteiger partial charge on any atom is 0.158 e. The van der Waals surface area contributed by atoms with Gasteiger partial charge >= 0.3 is 0 Å². The summed E-state index contributed by atoms with van der Waals surface area (Å²) in [5, 5.41) is 65.3. The number of aromatic hydroxyl groups is 2. The summed E-state index contributed by atoms with van der Waals surface area (Å²) < 4.78 is 38.2. The van der Waals surface area contributed by atoms with Crippen molar-refractivity contribution in [1.29, 1.82) is 0 Å². The lowest BCUT2D eigenvalue weighted by Gasteiger charge is -2.14. The lowest BCUT2D eigenvalue weighted by molar-refractivity contribution is 0.126. The van der Waals surface area contributed by atoms with E-state index in [1.165, 1.54) is 12.1 Å². The Morgan fingerprint density at radius 2 is 0.862 bits per heavy atom. The average Bonchev–Trinajstić information content (AvgIpc) is 3.29. The number of aliphatic hydroxyl groups excluding tert-OH is 4. The summed E-state index contributed by atoms with van der Waals surface area (Å²) in [6.45, 7) is 4.81. The topological polar surface area (TPSA) is 198 Å². The third-order valence-corrected chi connectivity index (χ3v) is 13.1. The number of phenols is 2. The minimum Gasteiger partial charge on any atom is -0.508 e. The van der Waals surface area contributed by atoms with Crippen molar-refractivity contribution in [3.05, 3.63) is 129 Å². The molecule has 0 radical (unpaired) electrons. The summed E-state index contributed by atoms with van der Waals surface area (Å²) in [6, 6.07) is 25.5. The van der Waals surface area contributed by atoms with Gasteiger partial charge in [-0.15, -0.1) is 0 Å². The van der Waals surface area contributed by atoms with Crippen LogP contribution in [0.25, 0.3) is 0 Å². The molecule has 0 fully saturated rings. The van der Waals surface area contributed by atoms with Crippen LogP contribution in [-0.4, -0.2) is 91.7 Å². The van der Waals surface area contributed by atoms with Crippen LogP contribution in [0.2, 0.25) is 0 Å². The number of benzene rings is 4. The van der Waals surface area contributed by atoms with Crippen molar-refractivity contribution in [2.24, 2.45) is 0 Å². The van der Waals surface area contributed by atoms with Crippen LogP contribution in [0.4, 0.5) is 0 Å². The van der Waals surface area contributed by atoms with Crippen LogP contribution in [-0.2, 0) is 56.9 Å². The van der Waals surface area contributed by atoms with Crippen molar-refractivity contribution in [3.8, 4) is 11.5 Å². The molecule has 0 aliphatic rings. The molecule has 0 amide bonds. The van der Waals surface area contributed by atoms with Crippen LogP contribution in [0.15, 0.2) is 84.9 Å². The molecule has 0 bridgehead atoms. The predicted octanol–water partition coefficient (Wildman–Crippen LogP) is 7.64. The van der Waals surface area contributed by atoms with Crippen LogP contribution in [0, 0.1) is 0 Å². The molecule has 0 aliphatic carbocycles. The normalized spacial score (nSPS) is 12.7. The highest BCUT2D eigenvalue weighted by Gasteiger charge is 2.15. The maximum atomic E-state index is 13.3. The van der Waals surface area contributed by atoms with E-state index < -0.39 is 22.0 Å². The second-order valence-corrected chi connectivity index (χ2v) is 19.2. The van der Waals surface area contributed by atoms with Gasteiger partial charge in [-0.05, 0) is 135 Å². The Morgan fingerprint density at radius 1 is 0.477 bits per heavy atom. The number of nitrogens with one attached hydrogen (secondary N) is 2. The average molecular weight is 921 g/mol. The van der Waals surface area contributed by atoms with Crippen molar-refractivity contribution in [2.45, 2.75) is 127 Å². The van der Waals surface area contributed by atoms with Crippen molar-refractivity contribution in [1.82, 2.24) is 10.6 Å². The first-order valence-corrected chi connectivity index (χ1v) is 25.5. The largest absolute Gasteiger partial charge is 0.508 e. The number of hydrogen-bond acceptors (Lipinski definition) is 12. The molecule has 2 unspecified atom stereocenters. The summed E-state index contributed by atoms with van der Waals surface area (Å²) in [5.74, 6) is 0.0962. The molecule has 4 aromatic rings. The monoisotopic (exact) mass is 921 g/mol. The summed E-state index contributed by atoms with van der Waals surface area (Å²) in [5.41, 5.74) is 6.09. The van der Waals surface area contributed by atoms with Gasteiger partial charge in [-0.3, -0.25) is 0 Å². The van der Waals surface area contributed by atoms with E-state index >= 15 is 0 Å². The van der Waals surface area contributed by atoms with Crippen LogP contribution in [0.5, 0.6) is 11.5 Å². The standard InChI is InChI=1S/C52H76N2O10S/c55-37-47-33-45(21-23-49(47)57)51(59)35-53-25-7-1-3-9-27-63-29-11-5-15-41-17-13-19-43(31-41)39-65(61,62)40-44-20-14-18-42(32-44)16-6-12-30-64-28-10-4-2-8-26-54-36-52(60)46-22-24-50(58)48(34-46)38-56/h13-14,17-24,31-34,51-60H,1-12,15-16,25-30,35-40H2. The molecule has 65 heavy (non-hydrogen) atoms. The number of aryl methyl sites for hydroxylation is 2. The van der Waals surface area contributed by atoms with Gasteiger partial charge in [0.2, 0.25) is 0 Å². The zero-order valence-electron chi connectivity index (χ0n) is 38.3. The highest BCUT2D eigenvalue weighted by Crippen LogP contribution is 2.24. The lowest BCUT2D eigenvalue weighted by atomic mass is 10.1. The highest BCUT2D eigenvalue weighted by molar-refractivity contribution is 7.89. The van der Waals surface area contributed by atoms with E-state index in [-0.39, 0.29) is 36.2 Å². The number of hydrogen-bond donors (Lipinski definition) is 8. The summed E-state index contributed by atoms with van der Waals surface area (Å²) in [4.78, 5) is 0. The molecule has 0 spiro atoms. The van der Waals surface area contributed by atoms with E-state index in [4.69, 9.17) is 9.47 Å². The van der Waals surface area contributed by atoms with Crippen molar-refractivity contribution < 1.29 is 48.5 Å². The number of sulfone groups is 1. The minimum absolute atomic E-state index is 0.0199. The summed E-state index contributed by atoms with van der Waals surface area (Å²) >= 11 is 0. The molecule has 4 aromatic carbocycles. The number of ether oxygens (including phenoxy) is 2. The van der Waals surface area contributed by atoms with Crippen LogP contribution < -0.4 is 10.6 Å². The van der Waals surface area contributed by atoms with Crippen LogP contribution in [0.1, 0.15) is 134 Å². The van der Waals surface area contributed by atoms with Gasteiger partial charge in [0.25, 0.3) is 0 Å². The molecule has 0 heterocycles. The molecule has 4 rings (SSSR count). The smallest absolute Gasteiger partial charge is 0.158 e. The lowest BCUT2D eigenvalue weighted by Crippen LogP contribution is -2.22. The van der Waals surface area contributed by atoms with Crippen molar-refractivity contribution >= 4 is 9.84 Å². The summed E-state index contributed by atoms with van der Waals surface area (Å²) in [6.07, 6.45) is 12.6. The molecular formula is C52H76N2O10S. The fraction of sp³-hybridized carbons (Fsp3) is 0.538. The predicted molar refractivity (Wildman–Crippen MR) is 257 cm³/mol. The highest BCUT2D eigenvalue weighted by atomic mass is 32.2. The van der Waals surface area contributed by atoms with Gasteiger partial charge in [-0.1, -0.05) is 86.3 Å². The second kappa shape index (κ2) is 31.2. The van der Waals surface area contributed by atoms with E-state index in [2.05, 4.69) is 22.8 Å². The van der Waals surface area contributed by atoms with Gasteiger partial charge in [-0.2, -0.15) is 0 Å². The Morgan fingerprint density at radius 3 is 1.28 bits per heavy atom. The van der Waals surface area contributed by atoms with Gasteiger partial charge < -0.3 is 50.7 Å². The molecule has 0 aliphatic heterocycles. The zero-order chi connectivity index (χ0) is 46.5. The van der Waals surface area contributed by atoms with Gasteiger partial charge in [0, 0.05) is 50.6 Å². The fourth-order valence-electron chi connectivity index (χ4n) is 7.79. The van der Waals surface area contributed by atoms with Gasteiger partial charge in [0.05, 0.1) is 36.9 Å². The Hall–Kier alpha value is -3.89. The molecule has 12 nitrogen and oxygen atoms in total. The first kappa shape index (κ1) is 53.7. The Labute approximate surface area is 388 Å². The molecule has 0 saturated carbocycles. The third kappa shape index (κ3) is 22.0. The molecule has 0 saturated heterocycles. The van der Waals surface area contributed by atoms with Crippen molar-refractivity contribution in [2.75, 3.05) is 52.6 Å². The first-order valence-electron chi connectivity index (χ1n) is 23.7. The molecule has 0 aromatic heterocycles. The van der Waals surface area contributed by atoms with E-state index in [1.807, 2.05) is 36.4 Å². The molecule has 13 heteroatoms. The van der Waals surface area contributed by atoms with Gasteiger partial charge in [0.15, 0.2) is 9.84 Å². The molecular weight excluding hydrogens is 845 g/mol. The minimum atomic E-state index is -3.35. The van der Waals surface area contributed by atoms with E-state index in [0.717, 1.165) is 138 Å². The van der Waals surface area contributed by atoms with E-state index in [0.29, 0.717) is 48.6 Å². The molecule has 2 atom stereocenters. The van der Waals surface area contributed by atoms with Gasteiger partial charge in [-0.25, -0.2) is 8.42 Å². The first-order chi connectivity index (χ1) is 31.6. The Kier molecular flexibility index (Phi) is 25.7. The van der Waals surface area contributed by atoms with Gasteiger partial charge in [0.1, 0.15) is 11.5 Å². The Balaban J connectivity index is 0.965.